The van der Waals surface area contributed by atoms with E-state index in [1.54, 1.807) is 0 Å². The number of para-hydroxylation sites is 2. The van der Waals surface area contributed by atoms with Crippen LogP contribution in [-0.4, -0.2) is 9.55 Å². The number of imidazole rings is 1. The molecule has 4 aromatic rings. The standard InChI is InChI=1S/C26H23N3/c1-19(2)22-14-12-20(13-15-22)16-23(17-27)26-28-24-10-6-7-11-25(24)29(26)18-21-8-4-3-5-9-21/h3-16,19H,18H2,1-2H3/b23-16+. The van der Waals surface area contributed by atoms with Crippen LogP contribution in [0.25, 0.3) is 22.7 Å². The Labute approximate surface area is 171 Å². The van der Waals surface area contributed by atoms with Crippen molar-refractivity contribution in [3.05, 3.63) is 101 Å². The Morgan fingerprint density at radius 1 is 0.966 bits per heavy atom. The summed E-state index contributed by atoms with van der Waals surface area (Å²) in [6.07, 6.45) is 1.92. The molecule has 0 aliphatic heterocycles. The van der Waals surface area contributed by atoms with E-state index in [9.17, 15) is 5.26 Å². The molecule has 0 aliphatic carbocycles. The molecule has 0 radical (unpaired) electrons. The summed E-state index contributed by atoms with van der Waals surface area (Å²) >= 11 is 0. The monoisotopic (exact) mass is 377 g/mol. The smallest absolute Gasteiger partial charge is 0.152 e. The summed E-state index contributed by atoms with van der Waals surface area (Å²) in [5.74, 6) is 1.18. The first-order valence-corrected chi connectivity index (χ1v) is 9.87. The SMILES string of the molecule is CC(C)c1ccc(/C=C(\C#N)c2nc3ccccc3n2Cc2ccccc2)cc1. The molecule has 0 aliphatic rings. The lowest BCUT2D eigenvalue weighted by Crippen LogP contribution is -2.04. The molecule has 0 amide bonds. The Morgan fingerprint density at radius 2 is 1.66 bits per heavy atom. The third kappa shape index (κ3) is 3.97. The zero-order valence-corrected chi connectivity index (χ0v) is 16.7. The molecule has 0 saturated carbocycles. The Morgan fingerprint density at radius 3 is 2.34 bits per heavy atom. The van der Waals surface area contributed by atoms with Crippen molar-refractivity contribution >= 4 is 22.7 Å². The van der Waals surface area contributed by atoms with Crippen LogP contribution < -0.4 is 0 Å². The molecule has 142 valence electrons. The van der Waals surface area contributed by atoms with Crippen molar-refractivity contribution in [2.75, 3.05) is 0 Å². The molecule has 29 heavy (non-hydrogen) atoms. The highest BCUT2D eigenvalue weighted by atomic mass is 15.1. The summed E-state index contributed by atoms with van der Waals surface area (Å²) in [6.45, 7) is 5.02. The van der Waals surface area contributed by atoms with Crippen LogP contribution in [0.15, 0.2) is 78.9 Å². The van der Waals surface area contributed by atoms with Crippen LogP contribution in [0, 0.1) is 11.3 Å². The first-order chi connectivity index (χ1) is 14.2. The molecular weight excluding hydrogens is 354 g/mol. The summed E-state index contributed by atoms with van der Waals surface area (Å²) in [7, 11) is 0. The van der Waals surface area contributed by atoms with E-state index in [0.717, 1.165) is 16.6 Å². The third-order valence-corrected chi connectivity index (χ3v) is 5.11. The summed E-state index contributed by atoms with van der Waals surface area (Å²) in [4.78, 5) is 4.79. The van der Waals surface area contributed by atoms with Gasteiger partial charge in [-0.3, -0.25) is 0 Å². The van der Waals surface area contributed by atoms with Gasteiger partial charge in [0.1, 0.15) is 6.07 Å². The van der Waals surface area contributed by atoms with Gasteiger partial charge in [0.05, 0.1) is 16.6 Å². The molecule has 0 saturated heterocycles. The number of aromatic nitrogens is 2. The van der Waals surface area contributed by atoms with Crippen molar-refractivity contribution in [1.82, 2.24) is 9.55 Å². The van der Waals surface area contributed by atoms with Crippen molar-refractivity contribution in [3.8, 4) is 6.07 Å². The first kappa shape index (κ1) is 18.7. The molecule has 3 heteroatoms. The fraction of sp³-hybridized carbons (Fsp3) is 0.154. The van der Waals surface area contributed by atoms with E-state index in [1.165, 1.54) is 11.1 Å². The average molecular weight is 377 g/mol. The van der Waals surface area contributed by atoms with Gasteiger partial charge in [-0.2, -0.15) is 5.26 Å². The van der Waals surface area contributed by atoms with Gasteiger partial charge in [0, 0.05) is 6.54 Å². The van der Waals surface area contributed by atoms with Gasteiger partial charge in [-0.15, -0.1) is 0 Å². The number of hydrogen-bond acceptors (Lipinski definition) is 2. The predicted octanol–water partition coefficient (Wildman–Crippen LogP) is 6.27. The van der Waals surface area contributed by atoms with Gasteiger partial charge >= 0.3 is 0 Å². The topological polar surface area (TPSA) is 41.6 Å². The van der Waals surface area contributed by atoms with Gasteiger partial charge in [0.15, 0.2) is 5.82 Å². The predicted molar refractivity (Wildman–Crippen MR) is 119 cm³/mol. The Balaban J connectivity index is 1.80. The lowest BCUT2D eigenvalue weighted by molar-refractivity contribution is 0.811. The van der Waals surface area contributed by atoms with Crippen molar-refractivity contribution in [1.29, 1.82) is 5.26 Å². The highest BCUT2D eigenvalue weighted by molar-refractivity contribution is 5.91. The minimum Gasteiger partial charge on any atom is -0.319 e. The quantitative estimate of drug-likeness (QED) is 0.385. The van der Waals surface area contributed by atoms with Gasteiger partial charge in [-0.25, -0.2) is 4.98 Å². The number of nitriles is 1. The Bertz CT molecular complexity index is 1190. The first-order valence-electron chi connectivity index (χ1n) is 9.87. The highest BCUT2D eigenvalue weighted by Crippen LogP contribution is 2.25. The second-order valence-electron chi connectivity index (χ2n) is 7.49. The van der Waals surface area contributed by atoms with Crippen molar-refractivity contribution in [2.24, 2.45) is 0 Å². The largest absolute Gasteiger partial charge is 0.319 e. The second kappa shape index (κ2) is 8.16. The molecule has 0 N–H and O–H groups in total. The molecule has 3 aromatic carbocycles. The van der Waals surface area contributed by atoms with Crippen LogP contribution in [-0.2, 0) is 6.54 Å². The van der Waals surface area contributed by atoms with E-state index in [1.807, 2.05) is 42.5 Å². The lowest BCUT2D eigenvalue weighted by Gasteiger charge is -2.09. The summed E-state index contributed by atoms with van der Waals surface area (Å²) in [5, 5.41) is 9.93. The average Bonchev–Trinajstić information content (AvgIpc) is 3.11. The van der Waals surface area contributed by atoms with Gasteiger partial charge < -0.3 is 4.57 Å². The van der Waals surface area contributed by atoms with Crippen LogP contribution >= 0.6 is 0 Å². The molecule has 0 fully saturated rings. The molecule has 1 heterocycles. The van der Waals surface area contributed by atoms with Crippen LogP contribution in [0.2, 0.25) is 0 Å². The van der Waals surface area contributed by atoms with E-state index in [-0.39, 0.29) is 0 Å². The van der Waals surface area contributed by atoms with E-state index in [0.29, 0.717) is 23.9 Å². The third-order valence-electron chi connectivity index (χ3n) is 5.11. The van der Waals surface area contributed by atoms with E-state index in [4.69, 9.17) is 4.98 Å². The molecule has 4 rings (SSSR count). The molecular formula is C26H23N3. The van der Waals surface area contributed by atoms with Gasteiger partial charge in [-0.1, -0.05) is 80.6 Å². The lowest BCUT2D eigenvalue weighted by atomic mass is 10.0. The van der Waals surface area contributed by atoms with E-state index < -0.39 is 0 Å². The van der Waals surface area contributed by atoms with Gasteiger partial charge in [-0.05, 0) is 40.8 Å². The summed E-state index contributed by atoms with van der Waals surface area (Å²) in [6, 6.07) is 29.1. The number of benzene rings is 3. The number of fused-ring (bicyclic) bond motifs is 1. The summed E-state index contributed by atoms with van der Waals surface area (Å²) < 4.78 is 2.13. The number of rotatable bonds is 5. The molecule has 1 aromatic heterocycles. The molecule has 0 spiro atoms. The maximum atomic E-state index is 9.93. The molecule has 0 bridgehead atoms. The molecule has 3 nitrogen and oxygen atoms in total. The summed E-state index contributed by atoms with van der Waals surface area (Å²) in [5.41, 5.74) is 5.96. The van der Waals surface area contributed by atoms with Crippen molar-refractivity contribution < 1.29 is 0 Å². The van der Waals surface area contributed by atoms with Crippen LogP contribution in [0.5, 0.6) is 0 Å². The second-order valence-corrected chi connectivity index (χ2v) is 7.49. The Kier molecular flexibility index (Phi) is 5.27. The minimum atomic E-state index is 0.485. The fourth-order valence-corrected chi connectivity index (χ4v) is 3.50. The molecule has 0 atom stereocenters. The minimum absolute atomic E-state index is 0.485. The number of nitrogens with zero attached hydrogens (tertiary/aromatic N) is 3. The number of hydrogen-bond donors (Lipinski definition) is 0. The maximum absolute atomic E-state index is 9.93. The van der Waals surface area contributed by atoms with Gasteiger partial charge in [0.25, 0.3) is 0 Å². The fourth-order valence-electron chi connectivity index (χ4n) is 3.50. The van der Waals surface area contributed by atoms with Gasteiger partial charge in [0.2, 0.25) is 0 Å². The Hall–Kier alpha value is -3.64. The van der Waals surface area contributed by atoms with Crippen LogP contribution in [0.3, 0.4) is 0 Å². The van der Waals surface area contributed by atoms with Crippen molar-refractivity contribution in [2.45, 2.75) is 26.3 Å². The maximum Gasteiger partial charge on any atom is 0.152 e. The zero-order chi connectivity index (χ0) is 20.2. The normalized spacial score (nSPS) is 11.7. The van der Waals surface area contributed by atoms with Crippen molar-refractivity contribution in [3.63, 3.8) is 0 Å². The van der Waals surface area contributed by atoms with Crippen LogP contribution in [0.4, 0.5) is 0 Å². The molecule has 0 unspecified atom stereocenters. The van der Waals surface area contributed by atoms with E-state index >= 15 is 0 Å². The van der Waals surface area contributed by atoms with E-state index in [2.05, 4.69) is 66.9 Å². The highest BCUT2D eigenvalue weighted by Gasteiger charge is 2.15. The zero-order valence-electron chi connectivity index (χ0n) is 16.7. The number of allylic oxidation sites excluding steroid dienone is 1. The van der Waals surface area contributed by atoms with Crippen LogP contribution in [0.1, 0.15) is 42.3 Å².